The minimum absolute atomic E-state index is 0.125. The summed E-state index contributed by atoms with van der Waals surface area (Å²) in [6.45, 7) is 6.55. The molecule has 146 valence electrons. The lowest BCUT2D eigenvalue weighted by Crippen LogP contribution is -2.44. The molecule has 3 heterocycles. The smallest absolute Gasteiger partial charge is 0.317 e. The molecule has 0 spiro atoms. The van der Waals surface area contributed by atoms with Crippen molar-refractivity contribution in [1.29, 1.82) is 0 Å². The molecule has 2 aromatic rings. The minimum Gasteiger partial charge on any atom is -0.338 e. The minimum atomic E-state index is -0.125. The Labute approximate surface area is 159 Å². The Kier molecular flexibility index (Phi) is 6.75. The number of hydrogen-bond donors (Lipinski definition) is 1. The molecule has 2 aromatic heterocycles. The summed E-state index contributed by atoms with van der Waals surface area (Å²) < 4.78 is 5.25. The summed E-state index contributed by atoms with van der Waals surface area (Å²) in [4.78, 5) is 24.9. The molecule has 27 heavy (non-hydrogen) atoms. The van der Waals surface area contributed by atoms with Gasteiger partial charge in [0.2, 0.25) is 11.7 Å². The largest absolute Gasteiger partial charge is 0.338 e. The van der Waals surface area contributed by atoms with Gasteiger partial charge in [-0.2, -0.15) is 4.98 Å². The van der Waals surface area contributed by atoms with Gasteiger partial charge in [0.05, 0.1) is 0 Å². The molecule has 1 N–H and O–H groups in total. The molecular weight excluding hydrogens is 344 g/mol. The number of carbonyl (C=O) groups is 1. The van der Waals surface area contributed by atoms with E-state index in [-0.39, 0.29) is 12.6 Å². The predicted octanol–water partition coefficient (Wildman–Crippen LogP) is 2.40. The molecule has 0 radical (unpaired) electrons. The average Bonchev–Trinajstić information content (AvgIpc) is 3.16. The molecule has 1 atom stereocenters. The number of carbonyl (C=O) groups excluding carboxylic acids is 1. The zero-order valence-corrected chi connectivity index (χ0v) is 16.1. The van der Waals surface area contributed by atoms with E-state index in [9.17, 15) is 4.79 Å². The van der Waals surface area contributed by atoms with Crippen molar-refractivity contribution in [2.75, 3.05) is 33.2 Å². The quantitative estimate of drug-likeness (QED) is 0.803. The van der Waals surface area contributed by atoms with Crippen molar-refractivity contribution in [2.45, 2.75) is 32.7 Å². The average molecular weight is 372 g/mol. The van der Waals surface area contributed by atoms with Gasteiger partial charge in [-0.15, -0.1) is 0 Å². The third-order valence-electron chi connectivity index (χ3n) is 4.77. The van der Waals surface area contributed by atoms with Gasteiger partial charge in [-0.3, -0.25) is 4.98 Å². The topological polar surface area (TPSA) is 87.4 Å². The lowest BCUT2D eigenvalue weighted by atomic mass is 9.98. The molecule has 1 fully saturated rings. The van der Waals surface area contributed by atoms with Crippen molar-refractivity contribution < 1.29 is 9.32 Å². The number of rotatable bonds is 7. The molecular formula is C19H28N6O2. The SMILES string of the molecule is CCCN1CCC[C@H](CNC(=O)N(C)Cc2nc(-c3ccccn3)no2)C1. The number of nitrogens with zero attached hydrogens (tertiary/aromatic N) is 5. The van der Waals surface area contributed by atoms with Crippen LogP contribution >= 0.6 is 0 Å². The molecule has 2 amide bonds. The number of likely N-dealkylation sites (tertiary alicyclic amines) is 1. The van der Waals surface area contributed by atoms with Gasteiger partial charge in [0.15, 0.2) is 0 Å². The first-order valence-corrected chi connectivity index (χ1v) is 9.61. The molecule has 0 saturated carbocycles. The maximum atomic E-state index is 12.4. The molecule has 1 aliphatic rings. The van der Waals surface area contributed by atoms with Crippen molar-refractivity contribution in [3.05, 3.63) is 30.3 Å². The van der Waals surface area contributed by atoms with Gasteiger partial charge in [-0.1, -0.05) is 18.1 Å². The Morgan fingerprint density at radius 1 is 1.44 bits per heavy atom. The van der Waals surface area contributed by atoms with Crippen LogP contribution in [0.5, 0.6) is 0 Å². The zero-order valence-electron chi connectivity index (χ0n) is 16.1. The van der Waals surface area contributed by atoms with E-state index in [1.165, 1.54) is 25.8 Å². The van der Waals surface area contributed by atoms with Crippen molar-refractivity contribution >= 4 is 6.03 Å². The van der Waals surface area contributed by atoms with Gasteiger partial charge in [0.1, 0.15) is 12.2 Å². The normalized spacial score (nSPS) is 17.6. The Morgan fingerprint density at radius 3 is 3.11 bits per heavy atom. The fourth-order valence-corrected chi connectivity index (χ4v) is 3.40. The molecule has 1 aliphatic heterocycles. The van der Waals surface area contributed by atoms with Crippen molar-refractivity contribution in [2.24, 2.45) is 5.92 Å². The summed E-state index contributed by atoms with van der Waals surface area (Å²) in [6, 6.07) is 5.39. The van der Waals surface area contributed by atoms with Crippen molar-refractivity contribution in [3.63, 3.8) is 0 Å². The summed E-state index contributed by atoms with van der Waals surface area (Å²) >= 11 is 0. The van der Waals surface area contributed by atoms with Gasteiger partial charge in [-0.05, 0) is 50.4 Å². The van der Waals surface area contributed by atoms with Crippen LogP contribution in [0.2, 0.25) is 0 Å². The van der Waals surface area contributed by atoms with Crippen LogP contribution in [0, 0.1) is 5.92 Å². The lowest BCUT2D eigenvalue weighted by molar-refractivity contribution is 0.166. The highest BCUT2D eigenvalue weighted by molar-refractivity contribution is 5.73. The highest BCUT2D eigenvalue weighted by atomic mass is 16.5. The second kappa shape index (κ2) is 9.45. The fourth-order valence-electron chi connectivity index (χ4n) is 3.40. The van der Waals surface area contributed by atoms with Gasteiger partial charge in [0, 0.05) is 26.3 Å². The lowest BCUT2D eigenvalue weighted by Gasteiger charge is -2.32. The molecule has 0 unspecified atom stereocenters. The van der Waals surface area contributed by atoms with Crippen molar-refractivity contribution in [1.82, 2.24) is 30.2 Å². The highest BCUT2D eigenvalue weighted by Crippen LogP contribution is 2.16. The van der Waals surface area contributed by atoms with E-state index in [1.54, 1.807) is 18.1 Å². The fraction of sp³-hybridized carbons (Fsp3) is 0.579. The Hall–Kier alpha value is -2.48. The van der Waals surface area contributed by atoms with Crippen LogP contribution < -0.4 is 5.32 Å². The molecule has 0 bridgehead atoms. The van der Waals surface area contributed by atoms with E-state index < -0.39 is 0 Å². The number of aromatic nitrogens is 3. The van der Waals surface area contributed by atoms with Crippen LogP contribution in [-0.4, -0.2) is 64.2 Å². The van der Waals surface area contributed by atoms with E-state index in [1.807, 2.05) is 18.2 Å². The molecule has 0 aromatic carbocycles. The maximum Gasteiger partial charge on any atom is 0.317 e. The molecule has 1 saturated heterocycles. The first-order valence-electron chi connectivity index (χ1n) is 9.61. The Balaban J connectivity index is 1.46. The van der Waals surface area contributed by atoms with Gasteiger partial charge >= 0.3 is 6.03 Å². The second-order valence-corrected chi connectivity index (χ2v) is 7.08. The van der Waals surface area contributed by atoms with Crippen LogP contribution in [0.15, 0.2) is 28.9 Å². The Morgan fingerprint density at radius 2 is 2.33 bits per heavy atom. The second-order valence-electron chi connectivity index (χ2n) is 7.08. The van der Waals surface area contributed by atoms with E-state index in [2.05, 4.69) is 32.3 Å². The van der Waals surface area contributed by atoms with Crippen LogP contribution in [0.4, 0.5) is 4.79 Å². The number of nitrogens with one attached hydrogen (secondary N) is 1. The number of amides is 2. The molecule has 8 nitrogen and oxygen atoms in total. The third kappa shape index (κ3) is 5.50. The maximum absolute atomic E-state index is 12.4. The van der Waals surface area contributed by atoms with Crippen molar-refractivity contribution in [3.8, 4) is 11.5 Å². The molecule has 3 rings (SSSR count). The van der Waals surface area contributed by atoms with E-state index >= 15 is 0 Å². The van der Waals surface area contributed by atoms with Gasteiger partial charge in [-0.25, -0.2) is 4.79 Å². The molecule has 0 aliphatic carbocycles. The number of pyridine rings is 1. The van der Waals surface area contributed by atoms with Crippen LogP contribution in [0.1, 0.15) is 32.1 Å². The first-order chi connectivity index (χ1) is 13.2. The number of urea groups is 1. The van der Waals surface area contributed by atoms with Gasteiger partial charge in [0.25, 0.3) is 0 Å². The van der Waals surface area contributed by atoms with E-state index in [4.69, 9.17) is 4.52 Å². The summed E-state index contributed by atoms with van der Waals surface area (Å²) in [7, 11) is 1.73. The zero-order chi connectivity index (χ0) is 19.1. The third-order valence-corrected chi connectivity index (χ3v) is 4.77. The van der Waals surface area contributed by atoms with Gasteiger partial charge < -0.3 is 19.6 Å². The summed E-state index contributed by atoms with van der Waals surface area (Å²) in [5.41, 5.74) is 0.647. The van der Waals surface area contributed by atoms with E-state index in [0.717, 1.165) is 13.1 Å². The highest BCUT2D eigenvalue weighted by Gasteiger charge is 2.21. The first kappa shape index (κ1) is 19.3. The predicted molar refractivity (Wildman–Crippen MR) is 102 cm³/mol. The van der Waals surface area contributed by atoms with Crippen LogP contribution in [-0.2, 0) is 6.54 Å². The monoisotopic (exact) mass is 372 g/mol. The summed E-state index contributed by atoms with van der Waals surface area (Å²) in [5, 5.41) is 6.96. The summed E-state index contributed by atoms with van der Waals surface area (Å²) in [6.07, 6.45) is 5.22. The van der Waals surface area contributed by atoms with E-state index in [0.29, 0.717) is 29.9 Å². The summed E-state index contributed by atoms with van der Waals surface area (Å²) in [5.74, 6) is 1.33. The number of piperidine rings is 1. The molecule has 8 heteroatoms. The Bertz CT molecular complexity index is 718. The van der Waals surface area contributed by atoms with Crippen LogP contribution in [0.3, 0.4) is 0 Å². The standard InChI is InChI=1S/C19H28N6O2/c1-3-10-25-11-6-7-15(13-25)12-21-19(26)24(2)14-17-22-18(23-27-17)16-8-4-5-9-20-16/h4-5,8-9,15H,3,6-7,10-14H2,1-2H3,(H,21,26)/t15-/m1/s1. The number of hydrogen-bond acceptors (Lipinski definition) is 6. The van der Waals surface area contributed by atoms with Crippen LogP contribution in [0.25, 0.3) is 11.5 Å².